The molecule has 0 bridgehead atoms. The molecule has 0 N–H and O–H groups in total. The van der Waals surface area contributed by atoms with Crippen molar-refractivity contribution in [1.29, 1.82) is 0 Å². The molecule has 2 aromatic carbocycles. The van der Waals surface area contributed by atoms with Crippen LogP contribution in [0.1, 0.15) is 5.69 Å². The molecule has 0 fully saturated rings. The summed E-state index contributed by atoms with van der Waals surface area (Å²) in [6, 6.07) is 19.1. The second kappa shape index (κ2) is 9.48. The van der Waals surface area contributed by atoms with Crippen LogP contribution in [-0.2, 0) is 5.75 Å². The summed E-state index contributed by atoms with van der Waals surface area (Å²) < 4.78 is 13.0. The summed E-state index contributed by atoms with van der Waals surface area (Å²) in [7, 11) is 1.65. The van der Waals surface area contributed by atoms with Crippen LogP contribution in [0.2, 0.25) is 5.02 Å². The number of pyridine rings is 1. The van der Waals surface area contributed by atoms with Crippen LogP contribution in [0.25, 0.3) is 28.5 Å². The van der Waals surface area contributed by atoms with Crippen LogP contribution in [0.15, 0.2) is 88.9 Å². The molecule has 3 aromatic heterocycles. The van der Waals surface area contributed by atoms with Gasteiger partial charge in [-0.05, 0) is 48.5 Å². The Bertz CT molecular complexity index is 1370. The van der Waals surface area contributed by atoms with Gasteiger partial charge in [0.15, 0.2) is 11.0 Å². The Labute approximate surface area is 199 Å². The first kappa shape index (κ1) is 21.2. The van der Waals surface area contributed by atoms with E-state index in [4.69, 9.17) is 20.8 Å². The predicted molar refractivity (Wildman–Crippen MR) is 128 cm³/mol. The second-order valence-electron chi connectivity index (χ2n) is 6.99. The van der Waals surface area contributed by atoms with Gasteiger partial charge < -0.3 is 9.15 Å². The van der Waals surface area contributed by atoms with Crippen LogP contribution in [0.4, 0.5) is 0 Å². The van der Waals surface area contributed by atoms with E-state index < -0.39 is 0 Å². The van der Waals surface area contributed by atoms with Crippen molar-refractivity contribution >= 4 is 23.4 Å². The van der Waals surface area contributed by atoms with E-state index in [-0.39, 0.29) is 0 Å². The molecule has 0 radical (unpaired) electrons. The van der Waals surface area contributed by atoms with Crippen molar-refractivity contribution in [2.45, 2.75) is 10.9 Å². The van der Waals surface area contributed by atoms with Crippen molar-refractivity contribution in [3.8, 4) is 34.3 Å². The van der Waals surface area contributed by atoms with Gasteiger partial charge in [0.05, 0.1) is 23.4 Å². The van der Waals surface area contributed by atoms with Crippen molar-refractivity contribution < 1.29 is 9.15 Å². The molecule has 7 nitrogen and oxygen atoms in total. The van der Waals surface area contributed by atoms with Crippen molar-refractivity contribution in [1.82, 2.24) is 24.7 Å². The summed E-state index contributed by atoms with van der Waals surface area (Å²) in [4.78, 5) is 8.70. The molecule has 3 heterocycles. The monoisotopic (exact) mass is 475 g/mol. The highest BCUT2D eigenvalue weighted by molar-refractivity contribution is 7.98. The molecule has 0 spiro atoms. The molecule has 5 aromatic rings. The van der Waals surface area contributed by atoms with Gasteiger partial charge in [-0.3, -0.25) is 9.55 Å². The normalized spacial score (nSPS) is 11.0. The highest BCUT2D eigenvalue weighted by Crippen LogP contribution is 2.32. The fourth-order valence-corrected chi connectivity index (χ4v) is 4.33. The Kier molecular flexibility index (Phi) is 6.10. The zero-order valence-electron chi connectivity index (χ0n) is 17.6. The first-order chi connectivity index (χ1) is 16.2. The van der Waals surface area contributed by atoms with Gasteiger partial charge in [0, 0.05) is 29.4 Å². The highest BCUT2D eigenvalue weighted by atomic mass is 35.5. The fraction of sp³-hybridized carbons (Fsp3) is 0.0833. The van der Waals surface area contributed by atoms with E-state index in [1.807, 2.05) is 65.2 Å². The van der Waals surface area contributed by atoms with E-state index in [2.05, 4.69) is 20.2 Å². The van der Waals surface area contributed by atoms with Gasteiger partial charge in [-0.25, -0.2) is 4.98 Å². The van der Waals surface area contributed by atoms with Gasteiger partial charge in [0.2, 0.25) is 5.89 Å². The molecular weight excluding hydrogens is 458 g/mol. The third kappa shape index (κ3) is 4.48. The SMILES string of the molecule is COc1ccc(-n2c(SCc3coc(-c4ccccc4Cl)n3)nnc2-c2ccncc2)cc1. The minimum atomic E-state index is 0.491. The van der Waals surface area contributed by atoms with Gasteiger partial charge in [-0.15, -0.1) is 10.2 Å². The Morgan fingerprint density at radius 3 is 2.55 bits per heavy atom. The molecule has 0 aliphatic heterocycles. The van der Waals surface area contributed by atoms with Gasteiger partial charge in [-0.2, -0.15) is 0 Å². The average Bonchev–Trinajstić information content (AvgIpc) is 3.51. The number of oxazole rings is 1. The molecule has 0 saturated heterocycles. The molecule has 164 valence electrons. The predicted octanol–water partition coefficient (Wildman–Crippen LogP) is 5.94. The summed E-state index contributed by atoms with van der Waals surface area (Å²) in [6.07, 6.45) is 5.12. The maximum absolute atomic E-state index is 6.27. The molecule has 9 heteroatoms. The minimum absolute atomic E-state index is 0.491. The third-order valence-corrected chi connectivity index (χ3v) is 6.20. The fourth-order valence-electron chi connectivity index (χ4n) is 3.29. The first-order valence-corrected chi connectivity index (χ1v) is 11.4. The number of thioether (sulfide) groups is 1. The summed E-state index contributed by atoms with van der Waals surface area (Å²) in [6.45, 7) is 0. The zero-order valence-corrected chi connectivity index (χ0v) is 19.1. The molecule has 0 saturated carbocycles. The summed E-state index contributed by atoms with van der Waals surface area (Å²) in [5.41, 5.74) is 3.39. The van der Waals surface area contributed by atoms with Crippen LogP contribution in [0, 0.1) is 0 Å². The van der Waals surface area contributed by atoms with Crippen LogP contribution < -0.4 is 4.74 Å². The maximum Gasteiger partial charge on any atom is 0.227 e. The number of benzene rings is 2. The molecule has 33 heavy (non-hydrogen) atoms. The number of rotatable bonds is 7. The molecule has 0 atom stereocenters. The Morgan fingerprint density at radius 2 is 1.79 bits per heavy atom. The Morgan fingerprint density at radius 1 is 1.00 bits per heavy atom. The number of hydrogen-bond donors (Lipinski definition) is 0. The number of nitrogens with zero attached hydrogens (tertiary/aromatic N) is 5. The van der Waals surface area contributed by atoms with Crippen LogP contribution >= 0.6 is 23.4 Å². The van der Waals surface area contributed by atoms with Gasteiger partial charge in [0.1, 0.15) is 12.0 Å². The molecule has 0 amide bonds. The van der Waals surface area contributed by atoms with Crippen molar-refractivity contribution in [2.75, 3.05) is 7.11 Å². The Balaban J connectivity index is 1.45. The lowest BCUT2D eigenvalue weighted by molar-refractivity contribution is 0.414. The van der Waals surface area contributed by atoms with E-state index in [9.17, 15) is 0 Å². The van der Waals surface area contributed by atoms with Crippen LogP contribution in [0.5, 0.6) is 5.75 Å². The number of ether oxygens (including phenoxy) is 1. The van der Waals surface area contributed by atoms with E-state index in [1.54, 1.807) is 25.8 Å². The minimum Gasteiger partial charge on any atom is -0.497 e. The van der Waals surface area contributed by atoms with Crippen molar-refractivity contribution in [3.63, 3.8) is 0 Å². The van der Waals surface area contributed by atoms with E-state index in [0.717, 1.165) is 39.2 Å². The number of halogens is 1. The quantitative estimate of drug-likeness (QED) is 0.269. The number of aromatic nitrogens is 5. The molecule has 5 rings (SSSR count). The summed E-state index contributed by atoms with van der Waals surface area (Å²) >= 11 is 7.79. The standard InChI is InChI=1S/C24H18ClN5O2S/c1-31-19-8-6-18(7-9-19)30-22(16-10-12-26-13-11-16)28-29-24(30)33-15-17-14-32-23(27-17)20-4-2-3-5-21(20)25/h2-14H,15H2,1H3. The lowest BCUT2D eigenvalue weighted by Gasteiger charge is -2.10. The molecular formula is C24H18ClN5O2S. The zero-order chi connectivity index (χ0) is 22.6. The smallest absolute Gasteiger partial charge is 0.227 e. The van der Waals surface area contributed by atoms with E-state index in [1.165, 1.54) is 11.8 Å². The Hall–Kier alpha value is -3.62. The topological polar surface area (TPSA) is 78.9 Å². The lowest BCUT2D eigenvalue weighted by Crippen LogP contribution is -2.00. The highest BCUT2D eigenvalue weighted by Gasteiger charge is 2.18. The molecule has 0 unspecified atom stereocenters. The van der Waals surface area contributed by atoms with Crippen LogP contribution in [0.3, 0.4) is 0 Å². The molecule has 0 aliphatic carbocycles. The number of methoxy groups -OCH3 is 1. The third-order valence-electron chi connectivity index (χ3n) is 4.91. The van der Waals surface area contributed by atoms with Gasteiger partial charge in [0.25, 0.3) is 0 Å². The van der Waals surface area contributed by atoms with Crippen molar-refractivity contribution in [2.24, 2.45) is 0 Å². The molecule has 0 aliphatic rings. The van der Waals surface area contributed by atoms with Gasteiger partial charge in [-0.1, -0.05) is 35.5 Å². The van der Waals surface area contributed by atoms with E-state index in [0.29, 0.717) is 16.7 Å². The average molecular weight is 476 g/mol. The van der Waals surface area contributed by atoms with E-state index >= 15 is 0 Å². The maximum atomic E-state index is 6.27. The van der Waals surface area contributed by atoms with Crippen LogP contribution in [-0.4, -0.2) is 31.8 Å². The van der Waals surface area contributed by atoms with Crippen molar-refractivity contribution in [3.05, 3.63) is 90.0 Å². The van der Waals surface area contributed by atoms with Gasteiger partial charge >= 0.3 is 0 Å². The first-order valence-electron chi connectivity index (χ1n) is 10.1. The number of hydrogen-bond acceptors (Lipinski definition) is 7. The second-order valence-corrected chi connectivity index (χ2v) is 8.34. The summed E-state index contributed by atoms with van der Waals surface area (Å²) in [5.74, 6) is 2.55. The lowest BCUT2D eigenvalue weighted by atomic mass is 10.2. The largest absolute Gasteiger partial charge is 0.497 e. The summed E-state index contributed by atoms with van der Waals surface area (Å²) in [5, 5.41) is 10.2.